The Balaban J connectivity index is 1.03. The molecule has 58 heavy (non-hydrogen) atoms. The molecule has 0 aromatic heterocycles. The first kappa shape index (κ1) is 37.2. The van der Waals surface area contributed by atoms with E-state index in [2.05, 4.69) is 261 Å². The number of benzene rings is 10. The molecular formula is C54H38P2Se2. The number of rotatable bonds is 8. The van der Waals surface area contributed by atoms with E-state index in [1.807, 2.05) is 0 Å². The number of fused-ring (bicyclic) bond motifs is 6. The quantitative estimate of drug-likeness (QED) is 0.0810. The van der Waals surface area contributed by atoms with Crippen molar-refractivity contribution in [2.24, 2.45) is 0 Å². The molecule has 0 spiro atoms. The van der Waals surface area contributed by atoms with Gasteiger partial charge in [-0.25, -0.2) is 0 Å². The van der Waals surface area contributed by atoms with Crippen molar-refractivity contribution in [3.05, 3.63) is 231 Å². The van der Waals surface area contributed by atoms with Crippen molar-refractivity contribution in [1.29, 1.82) is 0 Å². The summed E-state index contributed by atoms with van der Waals surface area (Å²) in [5.41, 5.74) is 1.04. The van der Waals surface area contributed by atoms with Crippen LogP contribution in [-0.2, 0) is 0 Å². The Kier molecular flexibility index (Phi) is 9.98. The molecule has 0 radical (unpaired) electrons. The zero-order valence-electron chi connectivity index (χ0n) is 31.7. The predicted octanol–water partition coefficient (Wildman–Crippen LogP) is 11.2. The molecular weight excluding hydrogens is 868 g/mol. The molecule has 0 saturated carbocycles. The van der Waals surface area contributed by atoms with Crippen LogP contribution in [0.2, 0.25) is 0 Å². The molecule has 0 heterocycles. The minimum absolute atomic E-state index is 1.22. The van der Waals surface area contributed by atoms with E-state index in [-0.39, 0.29) is 0 Å². The molecule has 4 heteroatoms. The van der Waals surface area contributed by atoms with Crippen molar-refractivity contribution in [1.82, 2.24) is 0 Å². The number of hydrogen-bond acceptors (Lipinski definition) is 0. The summed E-state index contributed by atoms with van der Waals surface area (Å²) < 4.78 is 0. The van der Waals surface area contributed by atoms with E-state index in [1.165, 1.54) is 86.4 Å². The van der Waals surface area contributed by atoms with Gasteiger partial charge in [0.05, 0.1) is 0 Å². The molecule has 0 aliphatic heterocycles. The van der Waals surface area contributed by atoms with E-state index in [0.717, 1.165) is 0 Å². The summed E-state index contributed by atoms with van der Waals surface area (Å²) in [5, 5.41) is 15.7. The van der Waals surface area contributed by atoms with E-state index in [4.69, 9.17) is 0 Å². The van der Waals surface area contributed by atoms with Crippen molar-refractivity contribution in [2.75, 3.05) is 0 Å². The van der Waals surface area contributed by atoms with Crippen molar-refractivity contribution in [2.45, 2.75) is 0 Å². The van der Waals surface area contributed by atoms with Gasteiger partial charge in [-0.15, -0.1) is 0 Å². The molecule has 0 aliphatic carbocycles. The summed E-state index contributed by atoms with van der Waals surface area (Å²) in [6.07, 6.45) is 0. The zero-order chi connectivity index (χ0) is 39.1. The normalized spacial score (nSPS) is 11.9. The van der Waals surface area contributed by atoms with Gasteiger partial charge in [0.25, 0.3) is 0 Å². The van der Waals surface area contributed by atoms with E-state index in [1.54, 1.807) is 0 Å². The average molecular weight is 907 g/mol. The zero-order valence-corrected chi connectivity index (χ0v) is 36.9. The second kappa shape index (κ2) is 15.6. The van der Waals surface area contributed by atoms with Gasteiger partial charge in [0.1, 0.15) is 0 Å². The molecule has 0 nitrogen and oxygen atoms in total. The van der Waals surface area contributed by atoms with E-state index >= 15 is 0 Å². The van der Waals surface area contributed by atoms with Crippen LogP contribution in [-0.4, -0.2) is 30.2 Å². The molecule has 0 saturated heterocycles. The van der Waals surface area contributed by atoms with Crippen molar-refractivity contribution < 1.29 is 0 Å². The second-order valence-electron chi connectivity index (χ2n) is 14.7. The van der Waals surface area contributed by atoms with Crippen molar-refractivity contribution >= 4 is 105 Å². The van der Waals surface area contributed by atoms with E-state index < -0.39 is 11.0 Å². The van der Waals surface area contributed by atoms with Crippen LogP contribution in [0.3, 0.4) is 0 Å². The standard InChI is InChI=1S/C54H38P2Se2/c57-55(43-15-5-1-6-16-43,44-17-7-2-8-18-44)47-31-25-39(26-32-47)41-29-35-51-52-36-30-42(38-54(52)50-24-14-13-23-49(50)53(51)37-41)40-27-33-48(34-28-40)56(58,45-19-9-3-10-20-45)46-21-11-4-12-22-46/h1-38H. The maximum absolute atomic E-state index is 3.71. The molecule has 0 aliphatic rings. The molecule has 0 fully saturated rings. The Hall–Kier alpha value is -5.12. The van der Waals surface area contributed by atoms with Gasteiger partial charge in [-0.1, -0.05) is 0 Å². The molecule has 10 rings (SSSR count). The third-order valence-electron chi connectivity index (χ3n) is 11.4. The van der Waals surface area contributed by atoms with Gasteiger partial charge in [0.2, 0.25) is 0 Å². The molecule has 0 atom stereocenters. The molecule has 0 N–H and O–H groups in total. The monoisotopic (exact) mass is 908 g/mol. The molecule has 10 aromatic carbocycles. The van der Waals surface area contributed by atoms with Crippen LogP contribution >= 0.6 is 11.0 Å². The van der Waals surface area contributed by atoms with E-state index in [9.17, 15) is 0 Å². The fraction of sp³-hybridized carbons (Fsp3) is 0. The van der Waals surface area contributed by atoms with Crippen LogP contribution < -0.4 is 31.8 Å². The summed E-state index contributed by atoms with van der Waals surface area (Å²) in [6, 6.07) is 85.1. The molecule has 0 amide bonds. The first-order valence-electron chi connectivity index (χ1n) is 19.5. The number of hydrogen-bond donors (Lipinski definition) is 0. The summed E-state index contributed by atoms with van der Waals surface area (Å²) in [6.45, 7) is 0. The third kappa shape index (κ3) is 6.47. The topological polar surface area (TPSA) is 0 Å². The van der Waals surface area contributed by atoms with E-state index in [0.29, 0.717) is 0 Å². The second-order valence-corrected chi connectivity index (χ2v) is 27.2. The van der Waals surface area contributed by atoms with Gasteiger partial charge in [-0.05, 0) is 0 Å². The van der Waals surface area contributed by atoms with Gasteiger partial charge in [0.15, 0.2) is 0 Å². The Bertz CT molecular complexity index is 2860. The van der Waals surface area contributed by atoms with Gasteiger partial charge in [0, 0.05) is 0 Å². The van der Waals surface area contributed by atoms with Gasteiger partial charge in [-0.3, -0.25) is 0 Å². The molecule has 0 bridgehead atoms. The van der Waals surface area contributed by atoms with Gasteiger partial charge < -0.3 is 0 Å². The van der Waals surface area contributed by atoms with Crippen LogP contribution in [0.4, 0.5) is 0 Å². The minimum atomic E-state index is -1.92. The van der Waals surface area contributed by atoms with Gasteiger partial charge in [-0.2, -0.15) is 0 Å². The summed E-state index contributed by atoms with van der Waals surface area (Å²) in [7, 11) is 0. The maximum atomic E-state index is 3.71. The summed E-state index contributed by atoms with van der Waals surface area (Å²) in [5.74, 6) is 0. The summed E-state index contributed by atoms with van der Waals surface area (Å²) in [4.78, 5) is 0. The third-order valence-corrected chi connectivity index (χ3v) is 25.6. The van der Waals surface area contributed by atoms with Crippen LogP contribution in [0.25, 0.3) is 54.6 Å². The fourth-order valence-corrected chi connectivity index (χ4v) is 18.4. The molecule has 276 valence electrons. The summed E-state index contributed by atoms with van der Waals surface area (Å²) >= 11 is 7.41. The van der Waals surface area contributed by atoms with Crippen LogP contribution in [0.5, 0.6) is 0 Å². The Morgan fingerprint density at radius 1 is 0.207 bits per heavy atom. The molecule has 10 aromatic rings. The average Bonchev–Trinajstić information content (AvgIpc) is 3.32. The SMILES string of the molecule is [Se]=P(c1ccccc1)(c1ccccc1)c1ccc(-c2ccc3c4ccc(-c5ccc(P(=[Se])(c6ccccc6)c6ccccc6)cc5)cc4c4ccccc4c3c2)cc1. The van der Waals surface area contributed by atoms with Gasteiger partial charge >= 0.3 is 358 Å². The first-order valence-corrected chi connectivity index (χ1v) is 27.6. The first-order chi connectivity index (χ1) is 28.5. The Morgan fingerprint density at radius 3 is 0.759 bits per heavy atom. The fourth-order valence-electron chi connectivity index (χ4n) is 8.49. The van der Waals surface area contributed by atoms with Crippen LogP contribution in [0, 0.1) is 0 Å². The molecule has 0 unspecified atom stereocenters. The van der Waals surface area contributed by atoms with Crippen LogP contribution in [0.1, 0.15) is 0 Å². The Morgan fingerprint density at radius 2 is 0.448 bits per heavy atom. The predicted molar refractivity (Wildman–Crippen MR) is 259 cm³/mol. The van der Waals surface area contributed by atoms with Crippen molar-refractivity contribution in [3.63, 3.8) is 0 Å². The van der Waals surface area contributed by atoms with Crippen LogP contribution in [0.15, 0.2) is 231 Å². The Labute approximate surface area is 355 Å². The van der Waals surface area contributed by atoms with Crippen molar-refractivity contribution in [3.8, 4) is 22.3 Å².